The van der Waals surface area contributed by atoms with Crippen molar-refractivity contribution in [1.29, 1.82) is 0 Å². The van der Waals surface area contributed by atoms with E-state index in [9.17, 15) is 9.90 Å². The Balaban J connectivity index is 1.77. The second-order valence-corrected chi connectivity index (χ2v) is 7.49. The van der Waals surface area contributed by atoms with Crippen LogP contribution in [-0.2, 0) is 5.75 Å². The Labute approximate surface area is 149 Å². The normalized spacial score (nSPS) is 10.8. The third-order valence-corrected chi connectivity index (χ3v) is 5.79. The number of aryl methyl sites for hydroxylation is 2. The van der Waals surface area contributed by atoms with Gasteiger partial charge in [0.15, 0.2) is 0 Å². The summed E-state index contributed by atoms with van der Waals surface area (Å²) in [6.45, 7) is 4.18. The minimum absolute atomic E-state index is 0.341. The van der Waals surface area contributed by atoms with Gasteiger partial charge in [0.05, 0.1) is 17.0 Å². The number of aromatic carboxylic acids is 1. The summed E-state index contributed by atoms with van der Waals surface area (Å²) >= 11 is 3.12. The zero-order valence-corrected chi connectivity index (χ0v) is 15.1. The van der Waals surface area contributed by atoms with Crippen molar-refractivity contribution in [1.82, 2.24) is 4.98 Å². The van der Waals surface area contributed by atoms with E-state index in [0.717, 1.165) is 21.2 Å². The van der Waals surface area contributed by atoms with E-state index in [1.54, 1.807) is 23.5 Å². The fourth-order valence-corrected chi connectivity index (χ4v) is 4.37. The molecule has 0 radical (unpaired) electrons. The largest absolute Gasteiger partial charge is 0.478 e. The van der Waals surface area contributed by atoms with Gasteiger partial charge in [-0.05, 0) is 31.5 Å². The van der Waals surface area contributed by atoms with E-state index in [4.69, 9.17) is 4.98 Å². The first-order valence-electron chi connectivity index (χ1n) is 7.52. The average Bonchev–Trinajstić information content (AvgIpc) is 3.01. The molecule has 3 nitrogen and oxygen atoms in total. The summed E-state index contributed by atoms with van der Waals surface area (Å²) in [5.41, 5.74) is 4.94. The maximum Gasteiger partial charge on any atom is 0.336 e. The summed E-state index contributed by atoms with van der Waals surface area (Å²) in [7, 11) is 0. The molecule has 1 aromatic heterocycles. The maximum absolute atomic E-state index is 11.3. The van der Waals surface area contributed by atoms with Gasteiger partial charge in [0, 0.05) is 15.8 Å². The number of hydrogen-bond donors (Lipinski definition) is 1. The van der Waals surface area contributed by atoms with Crippen molar-refractivity contribution >= 4 is 29.1 Å². The van der Waals surface area contributed by atoms with Crippen molar-refractivity contribution in [2.24, 2.45) is 0 Å². The predicted molar refractivity (Wildman–Crippen MR) is 100.0 cm³/mol. The van der Waals surface area contributed by atoms with Crippen LogP contribution in [-0.4, -0.2) is 16.1 Å². The number of thioether (sulfide) groups is 1. The van der Waals surface area contributed by atoms with Crippen LogP contribution in [0.4, 0.5) is 0 Å². The highest BCUT2D eigenvalue weighted by molar-refractivity contribution is 7.98. The van der Waals surface area contributed by atoms with E-state index >= 15 is 0 Å². The molecule has 0 bridgehead atoms. The molecular weight excluding hydrogens is 338 g/mol. The molecule has 5 heteroatoms. The van der Waals surface area contributed by atoms with Gasteiger partial charge in [-0.1, -0.05) is 35.9 Å². The van der Waals surface area contributed by atoms with Crippen LogP contribution in [0, 0.1) is 13.8 Å². The maximum atomic E-state index is 11.3. The lowest BCUT2D eigenvalue weighted by Gasteiger charge is -2.04. The quantitative estimate of drug-likeness (QED) is 0.621. The van der Waals surface area contributed by atoms with Gasteiger partial charge in [-0.2, -0.15) is 0 Å². The molecule has 3 aromatic rings. The Morgan fingerprint density at radius 2 is 2.00 bits per heavy atom. The first kappa shape index (κ1) is 16.7. The molecule has 0 spiro atoms. The number of aromatic nitrogens is 1. The minimum atomic E-state index is -0.895. The van der Waals surface area contributed by atoms with Gasteiger partial charge < -0.3 is 5.11 Å². The molecule has 0 fully saturated rings. The summed E-state index contributed by atoms with van der Waals surface area (Å²) in [6.07, 6.45) is 0. The number of thiazole rings is 1. The van der Waals surface area contributed by atoms with E-state index in [1.165, 1.54) is 22.9 Å². The molecule has 0 aliphatic carbocycles. The second-order valence-electron chi connectivity index (χ2n) is 5.53. The lowest BCUT2D eigenvalue weighted by Crippen LogP contribution is -1.98. The van der Waals surface area contributed by atoms with Crippen molar-refractivity contribution in [2.75, 3.05) is 0 Å². The number of benzene rings is 2. The van der Waals surface area contributed by atoms with E-state index in [0.29, 0.717) is 11.3 Å². The Morgan fingerprint density at radius 1 is 1.21 bits per heavy atom. The SMILES string of the molecule is Cc1ccc(-c2csc(CSc3ccccc3C(=O)O)n2)c(C)c1. The number of carbonyl (C=O) groups is 1. The number of nitrogens with zero attached hydrogens (tertiary/aromatic N) is 1. The Hall–Kier alpha value is -2.11. The van der Waals surface area contributed by atoms with Gasteiger partial charge in [0.1, 0.15) is 5.01 Å². The summed E-state index contributed by atoms with van der Waals surface area (Å²) in [5, 5.41) is 12.3. The molecule has 3 rings (SSSR count). The lowest BCUT2D eigenvalue weighted by atomic mass is 10.0. The molecule has 0 saturated heterocycles. The molecular formula is C19H17NO2S2. The lowest BCUT2D eigenvalue weighted by molar-refractivity contribution is 0.0693. The van der Waals surface area contributed by atoms with Crippen LogP contribution < -0.4 is 0 Å². The van der Waals surface area contributed by atoms with Gasteiger partial charge in [-0.25, -0.2) is 9.78 Å². The van der Waals surface area contributed by atoms with Crippen molar-refractivity contribution < 1.29 is 9.90 Å². The molecule has 0 aliphatic heterocycles. The minimum Gasteiger partial charge on any atom is -0.478 e. The summed E-state index contributed by atoms with van der Waals surface area (Å²) in [5.74, 6) is -0.229. The molecule has 0 saturated carbocycles. The standard InChI is InChI=1S/C19H17NO2S2/c1-12-7-8-14(13(2)9-12)16-10-24-18(20-16)11-23-17-6-4-3-5-15(17)19(21)22/h3-10H,11H2,1-2H3,(H,21,22). The summed E-state index contributed by atoms with van der Waals surface area (Å²) in [4.78, 5) is 16.7. The Morgan fingerprint density at radius 3 is 2.75 bits per heavy atom. The van der Waals surface area contributed by atoms with Crippen molar-refractivity contribution in [2.45, 2.75) is 24.5 Å². The molecule has 122 valence electrons. The van der Waals surface area contributed by atoms with Gasteiger partial charge >= 0.3 is 5.97 Å². The zero-order valence-electron chi connectivity index (χ0n) is 13.4. The number of hydrogen-bond acceptors (Lipinski definition) is 4. The van der Waals surface area contributed by atoms with Crippen molar-refractivity contribution in [3.63, 3.8) is 0 Å². The van der Waals surface area contributed by atoms with Crippen LogP contribution >= 0.6 is 23.1 Å². The number of carboxylic acids is 1. The van der Waals surface area contributed by atoms with Crippen LogP contribution in [0.3, 0.4) is 0 Å². The fourth-order valence-electron chi connectivity index (χ4n) is 2.51. The third-order valence-electron chi connectivity index (χ3n) is 3.68. The van der Waals surface area contributed by atoms with Gasteiger partial charge in [0.2, 0.25) is 0 Å². The van der Waals surface area contributed by atoms with Crippen LogP contribution in [0.2, 0.25) is 0 Å². The molecule has 1 N–H and O–H groups in total. The highest BCUT2D eigenvalue weighted by Crippen LogP contribution is 2.30. The number of carboxylic acid groups (broad SMARTS) is 1. The molecule has 0 amide bonds. The highest BCUT2D eigenvalue weighted by Gasteiger charge is 2.12. The Bertz CT molecular complexity index is 887. The second kappa shape index (κ2) is 7.20. The third kappa shape index (κ3) is 3.68. The summed E-state index contributed by atoms with van der Waals surface area (Å²) < 4.78 is 0. The smallest absolute Gasteiger partial charge is 0.336 e. The van der Waals surface area contributed by atoms with Gasteiger partial charge in [-0.15, -0.1) is 23.1 Å². The van der Waals surface area contributed by atoms with Crippen LogP contribution in [0.25, 0.3) is 11.3 Å². The first-order chi connectivity index (χ1) is 11.5. The predicted octanol–water partition coefficient (Wildman–Crippen LogP) is 5.42. The monoisotopic (exact) mass is 355 g/mol. The van der Waals surface area contributed by atoms with E-state index in [-0.39, 0.29) is 0 Å². The molecule has 1 heterocycles. The molecule has 0 aliphatic rings. The molecule has 0 unspecified atom stereocenters. The fraction of sp³-hybridized carbons (Fsp3) is 0.158. The Kier molecular flexibility index (Phi) is 5.02. The van der Waals surface area contributed by atoms with Crippen molar-refractivity contribution in [3.8, 4) is 11.3 Å². The van der Waals surface area contributed by atoms with Gasteiger partial charge in [0.25, 0.3) is 0 Å². The average molecular weight is 355 g/mol. The first-order valence-corrected chi connectivity index (χ1v) is 9.38. The summed E-state index contributed by atoms with van der Waals surface area (Å²) in [6, 6.07) is 13.4. The number of rotatable bonds is 5. The van der Waals surface area contributed by atoms with Crippen LogP contribution in [0.5, 0.6) is 0 Å². The van der Waals surface area contributed by atoms with E-state index < -0.39 is 5.97 Å². The molecule has 2 aromatic carbocycles. The van der Waals surface area contributed by atoms with E-state index in [1.807, 2.05) is 12.1 Å². The van der Waals surface area contributed by atoms with Crippen LogP contribution in [0.15, 0.2) is 52.7 Å². The van der Waals surface area contributed by atoms with Crippen LogP contribution in [0.1, 0.15) is 26.5 Å². The molecule has 24 heavy (non-hydrogen) atoms. The highest BCUT2D eigenvalue weighted by atomic mass is 32.2. The zero-order chi connectivity index (χ0) is 17.1. The topological polar surface area (TPSA) is 50.2 Å². The van der Waals surface area contributed by atoms with E-state index in [2.05, 4.69) is 37.4 Å². The van der Waals surface area contributed by atoms with Crippen molar-refractivity contribution in [3.05, 3.63) is 69.5 Å². The molecule has 0 atom stereocenters. The van der Waals surface area contributed by atoms with Gasteiger partial charge in [-0.3, -0.25) is 0 Å².